The minimum atomic E-state index is -0.501. The lowest BCUT2D eigenvalue weighted by atomic mass is 10.2. The van der Waals surface area contributed by atoms with E-state index in [1.807, 2.05) is 0 Å². The van der Waals surface area contributed by atoms with Gasteiger partial charge in [-0.2, -0.15) is 0 Å². The average molecular weight is 290 g/mol. The molecule has 0 aliphatic rings. The van der Waals surface area contributed by atoms with Gasteiger partial charge >= 0.3 is 5.91 Å². The van der Waals surface area contributed by atoms with Crippen LogP contribution in [0.4, 0.5) is 5.82 Å². The van der Waals surface area contributed by atoms with Gasteiger partial charge in [-0.1, -0.05) is 16.8 Å². The van der Waals surface area contributed by atoms with Crippen LogP contribution in [0.5, 0.6) is 0 Å². The SMILES string of the molecule is O=C(Nc1ccon1)c1ncc(-c2ccc(Cl)cc2)o1. The molecule has 0 fully saturated rings. The molecule has 100 valence electrons. The highest BCUT2D eigenvalue weighted by Gasteiger charge is 2.15. The van der Waals surface area contributed by atoms with E-state index >= 15 is 0 Å². The number of rotatable bonds is 3. The fraction of sp³-hybridized carbons (Fsp3) is 0. The van der Waals surface area contributed by atoms with Crippen LogP contribution >= 0.6 is 11.6 Å². The number of amides is 1. The summed E-state index contributed by atoms with van der Waals surface area (Å²) in [7, 11) is 0. The van der Waals surface area contributed by atoms with Gasteiger partial charge in [0.05, 0.1) is 6.20 Å². The van der Waals surface area contributed by atoms with Crippen LogP contribution in [0.25, 0.3) is 11.3 Å². The van der Waals surface area contributed by atoms with E-state index in [4.69, 9.17) is 16.0 Å². The molecule has 0 aliphatic heterocycles. The monoisotopic (exact) mass is 289 g/mol. The molecule has 1 N–H and O–H groups in total. The van der Waals surface area contributed by atoms with Gasteiger partial charge in [0.25, 0.3) is 5.89 Å². The normalized spacial score (nSPS) is 10.4. The predicted molar refractivity (Wildman–Crippen MR) is 71.4 cm³/mol. The summed E-state index contributed by atoms with van der Waals surface area (Å²) in [5.41, 5.74) is 0.780. The van der Waals surface area contributed by atoms with E-state index in [9.17, 15) is 4.79 Å². The first kappa shape index (κ1) is 12.4. The molecule has 20 heavy (non-hydrogen) atoms. The minimum Gasteiger partial charge on any atom is -0.432 e. The van der Waals surface area contributed by atoms with Crippen LogP contribution in [0.2, 0.25) is 5.02 Å². The standard InChI is InChI=1S/C13H8ClN3O3/c14-9-3-1-8(2-4-9)10-7-15-13(20-10)12(18)16-11-5-6-19-17-11/h1-7H,(H,16,17,18). The molecular formula is C13H8ClN3O3. The second kappa shape index (κ2) is 5.18. The maximum Gasteiger partial charge on any atom is 0.312 e. The maximum absolute atomic E-state index is 11.8. The Morgan fingerprint density at radius 3 is 2.70 bits per heavy atom. The molecule has 7 heteroatoms. The zero-order valence-corrected chi connectivity index (χ0v) is 10.8. The van der Waals surface area contributed by atoms with Crippen molar-refractivity contribution in [3.63, 3.8) is 0 Å². The molecule has 0 aliphatic carbocycles. The summed E-state index contributed by atoms with van der Waals surface area (Å²) >= 11 is 5.81. The fourth-order valence-electron chi connectivity index (χ4n) is 1.57. The van der Waals surface area contributed by atoms with Crippen LogP contribution in [0.15, 0.2) is 51.7 Å². The molecule has 0 saturated carbocycles. The first-order valence-corrected chi connectivity index (χ1v) is 6.04. The zero-order chi connectivity index (χ0) is 13.9. The number of benzene rings is 1. The van der Waals surface area contributed by atoms with Gasteiger partial charge < -0.3 is 8.94 Å². The lowest BCUT2D eigenvalue weighted by Crippen LogP contribution is -2.12. The van der Waals surface area contributed by atoms with Crippen LogP contribution in [0.3, 0.4) is 0 Å². The molecule has 1 aromatic carbocycles. The average Bonchev–Trinajstić information content (AvgIpc) is 3.10. The van der Waals surface area contributed by atoms with Crippen molar-refractivity contribution in [3.05, 3.63) is 53.7 Å². The van der Waals surface area contributed by atoms with Crippen molar-refractivity contribution in [2.45, 2.75) is 0 Å². The quantitative estimate of drug-likeness (QED) is 0.800. The number of hydrogen-bond acceptors (Lipinski definition) is 5. The van der Waals surface area contributed by atoms with Crippen LogP contribution in [-0.4, -0.2) is 16.0 Å². The van der Waals surface area contributed by atoms with Crippen molar-refractivity contribution in [1.29, 1.82) is 0 Å². The van der Waals surface area contributed by atoms with E-state index in [1.54, 1.807) is 24.3 Å². The van der Waals surface area contributed by atoms with Crippen molar-refractivity contribution in [2.24, 2.45) is 0 Å². The highest BCUT2D eigenvalue weighted by molar-refractivity contribution is 6.30. The van der Waals surface area contributed by atoms with Gasteiger partial charge in [-0.25, -0.2) is 4.98 Å². The van der Waals surface area contributed by atoms with Crippen LogP contribution in [-0.2, 0) is 0 Å². The molecular weight excluding hydrogens is 282 g/mol. The highest BCUT2D eigenvalue weighted by atomic mass is 35.5. The second-order valence-electron chi connectivity index (χ2n) is 3.88. The number of anilines is 1. The van der Waals surface area contributed by atoms with E-state index in [-0.39, 0.29) is 5.89 Å². The smallest absolute Gasteiger partial charge is 0.312 e. The number of nitrogens with zero attached hydrogens (tertiary/aromatic N) is 2. The van der Waals surface area contributed by atoms with Gasteiger partial charge in [-0.15, -0.1) is 0 Å². The third kappa shape index (κ3) is 2.55. The number of carbonyl (C=O) groups is 1. The summed E-state index contributed by atoms with van der Waals surface area (Å²) in [6.07, 6.45) is 2.82. The molecule has 0 spiro atoms. The summed E-state index contributed by atoms with van der Waals surface area (Å²) < 4.78 is 10.0. The molecule has 2 heterocycles. The zero-order valence-electron chi connectivity index (χ0n) is 10.0. The molecule has 0 radical (unpaired) electrons. The van der Waals surface area contributed by atoms with Crippen molar-refractivity contribution >= 4 is 23.3 Å². The molecule has 3 rings (SSSR count). The first-order chi connectivity index (χ1) is 9.72. The molecule has 2 aromatic heterocycles. The molecule has 1 amide bonds. The Hall–Kier alpha value is -2.60. The summed E-state index contributed by atoms with van der Waals surface area (Å²) in [5.74, 6) is 0.213. The summed E-state index contributed by atoms with van der Waals surface area (Å²) in [6, 6.07) is 8.54. The molecule has 0 bridgehead atoms. The molecule has 0 atom stereocenters. The van der Waals surface area contributed by atoms with Crippen LogP contribution in [0, 0.1) is 0 Å². The molecule has 0 saturated heterocycles. The van der Waals surface area contributed by atoms with E-state index < -0.39 is 5.91 Å². The lowest BCUT2D eigenvalue weighted by molar-refractivity contribution is 0.0990. The van der Waals surface area contributed by atoms with Gasteiger partial charge in [0.15, 0.2) is 11.6 Å². The van der Waals surface area contributed by atoms with Gasteiger partial charge in [0.2, 0.25) is 0 Å². The van der Waals surface area contributed by atoms with Crippen molar-refractivity contribution < 1.29 is 13.7 Å². The predicted octanol–water partition coefficient (Wildman–Crippen LogP) is 3.24. The van der Waals surface area contributed by atoms with Crippen molar-refractivity contribution in [2.75, 3.05) is 5.32 Å². The van der Waals surface area contributed by atoms with Gasteiger partial charge in [-0.3, -0.25) is 10.1 Å². The third-order valence-electron chi connectivity index (χ3n) is 2.51. The number of aromatic nitrogens is 2. The number of hydrogen-bond donors (Lipinski definition) is 1. The topological polar surface area (TPSA) is 81.2 Å². The van der Waals surface area contributed by atoms with E-state index in [0.29, 0.717) is 16.6 Å². The summed E-state index contributed by atoms with van der Waals surface area (Å²) in [5, 5.41) is 6.68. The Morgan fingerprint density at radius 2 is 2.00 bits per heavy atom. The van der Waals surface area contributed by atoms with Crippen LogP contribution < -0.4 is 5.32 Å². The number of carbonyl (C=O) groups excluding carboxylic acids is 1. The number of oxazole rings is 1. The lowest BCUT2D eigenvalue weighted by Gasteiger charge is -1.97. The van der Waals surface area contributed by atoms with E-state index in [1.165, 1.54) is 18.5 Å². The molecule has 6 nitrogen and oxygen atoms in total. The Kier molecular flexibility index (Phi) is 3.22. The third-order valence-corrected chi connectivity index (χ3v) is 2.76. The largest absolute Gasteiger partial charge is 0.432 e. The minimum absolute atomic E-state index is 0.0575. The number of halogens is 1. The molecule has 3 aromatic rings. The van der Waals surface area contributed by atoms with Crippen molar-refractivity contribution in [1.82, 2.24) is 10.1 Å². The highest BCUT2D eigenvalue weighted by Crippen LogP contribution is 2.22. The van der Waals surface area contributed by atoms with E-state index in [0.717, 1.165) is 5.56 Å². The van der Waals surface area contributed by atoms with Crippen molar-refractivity contribution in [3.8, 4) is 11.3 Å². The fourth-order valence-corrected chi connectivity index (χ4v) is 1.70. The Balaban J connectivity index is 1.79. The Morgan fingerprint density at radius 1 is 1.20 bits per heavy atom. The summed E-state index contributed by atoms with van der Waals surface area (Å²) in [6.45, 7) is 0. The maximum atomic E-state index is 11.8. The number of nitrogens with one attached hydrogen (secondary N) is 1. The summed E-state index contributed by atoms with van der Waals surface area (Å²) in [4.78, 5) is 15.8. The second-order valence-corrected chi connectivity index (χ2v) is 4.31. The van der Waals surface area contributed by atoms with Gasteiger partial charge in [-0.05, 0) is 24.3 Å². The Labute approximate surface area is 118 Å². The Bertz CT molecular complexity index is 720. The van der Waals surface area contributed by atoms with Gasteiger partial charge in [0, 0.05) is 16.7 Å². The van der Waals surface area contributed by atoms with Crippen LogP contribution in [0.1, 0.15) is 10.7 Å². The first-order valence-electron chi connectivity index (χ1n) is 5.66. The van der Waals surface area contributed by atoms with Gasteiger partial charge in [0.1, 0.15) is 6.26 Å². The van der Waals surface area contributed by atoms with E-state index in [2.05, 4.69) is 20.0 Å². The molecule has 0 unspecified atom stereocenters.